The Bertz CT molecular complexity index is 1010. The van der Waals surface area contributed by atoms with E-state index in [-0.39, 0.29) is 17.8 Å². The minimum atomic E-state index is -0.290. The molecular weight excluding hydrogens is 369 g/mol. The predicted octanol–water partition coefficient (Wildman–Crippen LogP) is 2.33. The SMILES string of the molecule is O=C(NC1C2CN(Cc3ccccc3)CC21)c1cn(Cc2cccc(F)c2)nn1. The zero-order valence-corrected chi connectivity index (χ0v) is 15.9. The Morgan fingerprint density at radius 3 is 2.55 bits per heavy atom. The number of rotatable bonds is 6. The maximum absolute atomic E-state index is 13.3. The molecule has 1 N–H and O–H groups in total. The molecule has 0 spiro atoms. The highest BCUT2D eigenvalue weighted by molar-refractivity contribution is 5.92. The summed E-state index contributed by atoms with van der Waals surface area (Å²) >= 11 is 0. The largest absolute Gasteiger partial charge is 0.347 e. The Hall–Kier alpha value is -3.06. The molecule has 1 saturated heterocycles. The van der Waals surface area contributed by atoms with Crippen LogP contribution in [0.2, 0.25) is 0 Å². The minimum absolute atomic E-state index is 0.190. The lowest BCUT2D eigenvalue weighted by Crippen LogP contribution is -2.34. The standard InChI is InChI=1S/C22H22FN5O/c23-17-8-4-7-16(9-17)11-28-14-20(25-26-28)22(29)24-21-18-12-27(13-19(18)21)10-15-5-2-1-3-6-15/h1-9,14,18-19,21H,10-13H2,(H,24,29). The van der Waals surface area contributed by atoms with Crippen LogP contribution in [0, 0.1) is 17.7 Å². The van der Waals surface area contributed by atoms with Gasteiger partial charge in [0.25, 0.3) is 5.91 Å². The van der Waals surface area contributed by atoms with Crippen molar-refractivity contribution in [1.82, 2.24) is 25.2 Å². The Kier molecular flexibility index (Phi) is 4.60. The van der Waals surface area contributed by atoms with E-state index in [0.29, 0.717) is 24.1 Å². The minimum Gasteiger partial charge on any atom is -0.347 e. The zero-order valence-electron chi connectivity index (χ0n) is 15.9. The number of likely N-dealkylation sites (tertiary alicyclic amines) is 1. The van der Waals surface area contributed by atoms with Crippen LogP contribution in [0.3, 0.4) is 0 Å². The van der Waals surface area contributed by atoms with Crippen molar-refractivity contribution in [1.29, 1.82) is 0 Å². The fraction of sp³-hybridized carbons (Fsp3) is 0.318. The number of hydrogen-bond donors (Lipinski definition) is 1. The summed E-state index contributed by atoms with van der Waals surface area (Å²) in [5.74, 6) is 0.557. The van der Waals surface area contributed by atoms with Gasteiger partial charge < -0.3 is 5.32 Å². The molecule has 2 fully saturated rings. The molecule has 1 aliphatic heterocycles. The van der Waals surface area contributed by atoms with Gasteiger partial charge in [-0.15, -0.1) is 5.10 Å². The molecule has 6 nitrogen and oxygen atoms in total. The molecule has 2 aliphatic rings. The summed E-state index contributed by atoms with van der Waals surface area (Å²) < 4.78 is 14.9. The summed E-state index contributed by atoms with van der Waals surface area (Å²) in [5.41, 5.74) is 2.40. The molecule has 1 saturated carbocycles. The van der Waals surface area contributed by atoms with E-state index in [4.69, 9.17) is 0 Å². The molecule has 0 radical (unpaired) electrons. The summed E-state index contributed by atoms with van der Waals surface area (Å²) in [5, 5.41) is 11.1. The Morgan fingerprint density at radius 2 is 1.79 bits per heavy atom. The first-order valence-corrected chi connectivity index (χ1v) is 9.87. The van der Waals surface area contributed by atoms with E-state index in [1.165, 1.54) is 17.7 Å². The number of carbonyl (C=O) groups excluding carboxylic acids is 1. The molecule has 2 unspecified atom stereocenters. The van der Waals surface area contributed by atoms with Gasteiger partial charge in [0.2, 0.25) is 0 Å². The second-order valence-electron chi connectivity index (χ2n) is 7.94. The van der Waals surface area contributed by atoms with Crippen LogP contribution >= 0.6 is 0 Å². The Morgan fingerprint density at radius 1 is 1.03 bits per heavy atom. The maximum Gasteiger partial charge on any atom is 0.273 e. The number of carbonyl (C=O) groups is 1. The maximum atomic E-state index is 13.3. The quantitative estimate of drug-likeness (QED) is 0.701. The molecule has 1 amide bonds. The fourth-order valence-electron chi connectivity index (χ4n) is 4.33. The summed E-state index contributed by atoms with van der Waals surface area (Å²) in [6.45, 7) is 3.36. The van der Waals surface area contributed by atoms with Gasteiger partial charge >= 0.3 is 0 Å². The van der Waals surface area contributed by atoms with Crippen molar-refractivity contribution in [3.05, 3.63) is 83.4 Å². The number of amides is 1. The molecule has 1 aromatic heterocycles. The highest BCUT2D eigenvalue weighted by Gasteiger charge is 2.56. The lowest BCUT2D eigenvalue weighted by molar-refractivity contribution is 0.0937. The molecular formula is C22H22FN5O. The van der Waals surface area contributed by atoms with Gasteiger partial charge in [0.15, 0.2) is 5.69 Å². The van der Waals surface area contributed by atoms with Crippen molar-refractivity contribution in [2.24, 2.45) is 11.8 Å². The van der Waals surface area contributed by atoms with Crippen molar-refractivity contribution in [2.45, 2.75) is 19.1 Å². The second kappa shape index (κ2) is 7.40. The first kappa shape index (κ1) is 18.0. The van der Waals surface area contributed by atoms with Crippen LogP contribution in [0.25, 0.3) is 0 Å². The zero-order chi connectivity index (χ0) is 19.8. The van der Waals surface area contributed by atoms with Crippen molar-refractivity contribution in [2.75, 3.05) is 13.1 Å². The van der Waals surface area contributed by atoms with Crippen LogP contribution in [0.5, 0.6) is 0 Å². The van der Waals surface area contributed by atoms with E-state index >= 15 is 0 Å². The number of nitrogens with zero attached hydrogens (tertiary/aromatic N) is 4. The van der Waals surface area contributed by atoms with E-state index < -0.39 is 0 Å². The number of benzene rings is 2. The average Bonchev–Trinajstić information content (AvgIpc) is 3.07. The Labute approximate surface area is 168 Å². The van der Waals surface area contributed by atoms with Crippen LogP contribution in [0.15, 0.2) is 60.8 Å². The first-order valence-electron chi connectivity index (χ1n) is 9.87. The number of piperidine rings is 1. The van der Waals surface area contributed by atoms with Crippen LogP contribution in [-0.2, 0) is 13.1 Å². The van der Waals surface area contributed by atoms with Crippen LogP contribution < -0.4 is 5.32 Å². The van der Waals surface area contributed by atoms with Crippen LogP contribution in [-0.4, -0.2) is 44.9 Å². The van der Waals surface area contributed by atoms with Gasteiger partial charge in [0.05, 0.1) is 12.7 Å². The summed E-state index contributed by atoms with van der Waals surface area (Å²) in [4.78, 5) is 15.0. The summed E-state index contributed by atoms with van der Waals surface area (Å²) in [6.07, 6.45) is 1.61. The van der Waals surface area contributed by atoms with Gasteiger partial charge in [-0.1, -0.05) is 47.7 Å². The van der Waals surface area contributed by atoms with Crippen molar-refractivity contribution >= 4 is 5.91 Å². The van der Waals surface area contributed by atoms with Crippen molar-refractivity contribution < 1.29 is 9.18 Å². The topological polar surface area (TPSA) is 63.1 Å². The number of aromatic nitrogens is 3. The third kappa shape index (κ3) is 3.91. The summed E-state index contributed by atoms with van der Waals surface area (Å²) in [6, 6.07) is 17.0. The van der Waals surface area contributed by atoms with Crippen molar-refractivity contribution in [3.63, 3.8) is 0 Å². The van der Waals surface area contributed by atoms with Gasteiger partial charge in [-0.05, 0) is 35.1 Å². The van der Waals surface area contributed by atoms with Gasteiger partial charge in [-0.3, -0.25) is 9.69 Å². The van der Waals surface area contributed by atoms with E-state index in [0.717, 1.165) is 25.2 Å². The second-order valence-corrected chi connectivity index (χ2v) is 7.94. The van der Waals surface area contributed by atoms with Gasteiger partial charge in [-0.2, -0.15) is 0 Å². The van der Waals surface area contributed by atoms with E-state index in [1.807, 2.05) is 12.1 Å². The average molecular weight is 391 g/mol. The third-order valence-electron chi connectivity index (χ3n) is 5.82. The van der Waals surface area contributed by atoms with Crippen LogP contribution in [0.4, 0.5) is 4.39 Å². The lowest BCUT2D eigenvalue weighted by Gasteiger charge is -2.19. The Balaban J connectivity index is 1.13. The fourth-order valence-corrected chi connectivity index (χ4v) is 4.33. The summed E-state index contributed by atoms with van der Waals surface area (Å²) in [7, 11) is 0. The molecule has 29 heavy (non-hydrogen) atoms. The monoisotopic (exact) mass is 391 g/mol. The lowest BCUT2D eigenvalue weighted by atomic mass is 10.2. The predicted molar refractivity (Wildman–Crippen MR) is 105 cm³/mol. The molecule has 1 aliphatic carbocycles. The van der Waals surface area contributed by atoms with E-state index in [9.17, 15) is 9.18 Å². The van der Waals surface area contributed by atoms with E-state index in [2.05, 4.69) is 44.8 Å². The van der Waals surface area contributed by atoms with Crippen LogP contribution in [0.1, 0.15) is 21.6 Å². The number of hydrogen-bond acceptors (Lipinski definition) is 4. The van der Waals surface area contributed by atoms with Crippen molar-refractivity contribution in [3.8, 4) is 0 Å². The molecule has 2 aromatic carbocycles. The highest BCUT2D eigenvalue weighted by Crippen LogP contribution is 2.45. The normalized spacial score (nSPS) is 23.0. The highest BCUT2D eigenvalue weighted by atomic mass is 19.1. The number of halogens is 1. The van der Waals surface area contributed by atoms with E-state index in [1.54, 1.807) is 16.9 Å². The molecule has 3 aromatic rings. The molecule has 2 heterocycles. The molecule has 5 rings (SSSR count). The third-order valence-corrected chi connectivity index (χ3v) is 5.82. The van der Waals surface area contributed by atoms with Gasteiger partial charge in [0, 0.05) is 25.7 Å². The molecule has 148 valence electrons. The molecule has 7 heteroatoms. The molecule has 2 atom stereocenters. The number of fused-ring (bicyclic) bond motifs is 1. The molecule has 0 bridgehead atoms. The number of nitrogens with one attached hydrogen (secondary N) is 1. The van der Waals surface area contributed by atoms with Gasteiger partial charge in [-0.25, -0.2) is 9.07 Å². The van der Waals surface area contributed by atoms with Gasteiger partial charge in [0.1, 0.15) is 5.82 Å². The smallest absolute Gasteiger partial charge is 0.273 e. The first-order chi connectivity index (χ1) is 14.2.